The van der Waals surface area contributed by atoms with Gasteiger partial charge in [-0.15, -0.1) is 11.6 Å². The van der Waals surface area contributed by atoms with Crippen LogP contribution in [0.5, 0.6) is 0 Å². The number of likely N-dealkylation sites (N-methyl/N-ethyl adjacent to an activating group) is 1. The van der Waals surface area contributed by atoms with Gasteiger partial charge in [0.05, 0.1) is 13.2 Å². The molecule has 1 aromatic heterocycles. The van der Waals surface area contributed by atoms with Gasteiger partial charge >= 0.3 is 0 Å². The van der Waals surface area contributed by atoms with Crippen molar-refractivity contribution in [2.75, 3.05) is 20.2 Å². The maximum atomic E-state index is 6.74. The summed E-state index contributed by atoms with van der Waals surface area (Å²) in [6.45, 7) is 2.06. The highest BCUT2D eigenvalue weighted by Crippen LogP contribution is 2.40. The fourth-order valence-electron chi connectivity index (χ4n) is 3.44. The van der Waals surface area contributed by atoms with Crippen molar-refractivity contribution in [1.29, 1.82) is 0 Å². The van der Waals surface area contributed by atoms with Gasteiger partial charge in [0.2, 0.25) is 0 Å². The number of alkyl halides is 1. The van der Waals surface area contributed by atoms with Gasteiger partial charge in [0.25, 0.3) is 0 Å². The lowest BCUT2D eigenvalue weighted by Gasteiger charge is -2.20. The highest BCUT2D eigenvalue weighted by Gasteiger charge is 2.27. The van der Waals surface area contributed by atoms with Crippen molar-refractivity contribution in [3.63, 3.8) is 0 Å². The van der Waals surface area contributed by atoms with Crippen molar-refractivity contribution in [3.8, 4) is 0 Å². The molecule has 0 bridgehead atoms. The van der Waals surface area contributed by atoms with Gasteiger partial charge in [0.15, 0.2) is 0 Å². The van der Waals surface area contributed by atoms with Crippen LogP contribution in [-0.4, -0.2) is 25.1 Å². The normalized spacial score (nSPS) is 17.8. The largest absolute Gasteiger partial charge is 0.456 e. The zero-order valence-corrected chi connectivity index (χ0v) is 15.6. The van der Waals surface area contributed by atoms with E-state index in [-0.39, 0.29) is 5.50 Å². The molecule has 1 aliphatic rings. The molecule has 3 aromatic rings. The zero-order chi connectivity index (χ0) is 17.9. The molecule has 4 heteroatoms. The lowest BCUT2D eigenvalue weighted by molar-refractivity contribution is 0.149. The van der Waals surface area contributed by atoms with Crippen molar-refractivity contribution < 1.29 is 9.15 Å². The summed E-state index contributed by atoms with van der Waals surface area (Å²) in [4.78, 5) is 2.16. The van der Waals surface area contributed by atoms with Gasteiger partial charge in [-0.05, 0) is 36.7 Å². The van der Waals surface area contributed by atoms with E-state index >= 15 is 0 Å². The van der Waals surface area contributed by atoms with Gasteiger partial charge < -0.3 is 9.15 Å². The van der Waals surface area contributed by atoms with Crippen molar-refractivity contribution >= 4 is 28.6 Å². The zero-order valence-electron chi connectivity index (χ0n) is 14.8. The van der Waals surface area contributed by atoms with E-state index < -0.39 is 0 Å². The fraction of sp³-hybridized carbons (Fsp3) is 0.273. The van der Waals surface area contributed by atoms with Crippen molar-refractivity contribution in [3.05, 3.63) is 77.1 Å². The van der Waals surface area contributed by atoms with Crippen LogP contribution in [0, 0.1) is 0 Å². The number of ether oxygens (including phenoxy) is 1. The Morgan fingerprint density at radius 1 is 1.19 bits per heavy atom. The Balaban J connectivity index is 1.54. The van der Waals surface area contributed by atoms with E-state index in [1.807, 2.05) is 36.4 Å². The van der Waals surface area contributed by atoms with Crippen LogP contribution in [0.4, 0.5) is 0 Å². The second kappa shape index (κ2) is 7.67. The Kier molecular flexibility index (Phi) is 5.11. The van der Waals surface area contributed by atoms with Gasteiger partial charge in [-0.3, -0.25) is 4.90 Å². The number of benzene rings is 2. The number of hydrogen-bond donors (Lipinski definition) is 0. The molecule has 0 saturated carbocycles. The van der Waals surface area contributed by atoms with Crippen LogP contribution in [0.1, 0.15) is 28.0 Å². The molecule has 1 aliphatic heterocycles. The predicted molar refractivity (Wildman–Crippen MR) is 106 cm³/mol. The average molecular weight is 368 g/mol. The van der Waals surface area contributed by atoms with Crippen molar-refractivity contribution in [2.45, 2.75) is 18.5 Å². The third-order valence-corrected chi connectivity index (χ3v) is 5.37. The molecule has 2 aromatic carbocycles. The maximum absolute atomic E-state index is 6.74. The Labute approximate surface area is 158 Å². The Hall–Kier alpha value is -2.07. The Morgan fingerprint density at radius 3 is 2.88 bits per heavy atom. The number of hydrogen-bond acceptors (Lipinski definition) is 3. The fourth-order valence-corrected chi connectivity index (χ4v) is 3.75. The summed E-state index contributed by atoms with van der Waals surface area (Å²) in [5, 5.41) is 1.17. The summed E-state index contributed by atoms with van der Waals surface area (Å²) in [5.41, 5.74) is 4.25. The van der Waals surface area contributed by atoms with Gasteiger partial charge in [0.1, 0.15) is 16.8 Å². The summed E-state index contributed by atoms with van der Waals surface area (Å²) in [7, 11) is 2.05. The first kappa shape index (κ1) is 17.3. The van der Waals surface area contributed by atoms with Crippen LogP contribution >= 0.6 is 11.6 Å². The van der Waals surface area contributed by atoms with E-state index in [2.05, 4.69) is 36.2 Å². The molecule has 134 valence electrons. The number of halogens is 1. The molecular formula is C22H22ClNO2. The molecule has 0 amide bonds. The molecule has 0 saturated heterocycles. The monoisotopic (exact) mass is 367 g/mol. The third-order valence-electron chi connectivity index (χ3n) is 4.82. The summed E-state index contributed by atoms with van der Waals surface area (Å²) in [6.07, 6.45) is 4.96. The molecule has 0 spiro atoms. The van der Waals surface area contributed by atoms with Gasteiger partial charge in [-0.2, -0.15) is 0 Å². The number of furan rings is 1. The molecule has 1 unspecified atom stereocenters. The van der Waals surface area contributed by atoms with Crippen molar-refractivity contribution in [2.24, 2.45) is 0 Å². The van der Waals surface area contributed by atoms with E-state index in [1.165, 1.54) is 16.5 Å². The molecule has 26 heavy (non-hydrogen) atoms. The van der Waals surface area contributed by atoms with Crippen LogP contribution in [0.3, 0.4) is 0 Å². The lowest BCUT2D eigenvalue weighted by atomic mass is 10.0. The molecule has 0 fully saturated rings. The standard InChI is InChI=1S/C22H22ClNO2/c1-24-13-12-17-9-5-10-18-20(17)21(22(24)23)19(26-18)11-6-14-25-15-16-7-3-2-4-8-16/h2-11,22H,12-15H2,1H3. The van der Waals surface area contributed by atoms with Crippen LogP contribution in [0.15, 0.2) is 59.0 Å². The first-order valence-electron chi connectivity index (χ1n) is 8.91. The summed E-state index contributed by atoms with van der Waals surface area (Å²) in [5.74, 6) is 0.824. The molecule has 2 heterocycles. The molecule has 0 N–H and O–H groups in total. The Morgan fingerprint density at radius 2 is 2.04 bits per heavy atom. The van der Waals surface area contributed by atoms with Crippen molar-refractivity contribution in [1.82, 2.24) is 4.90 Å². The minimum atomic E-state index is -0.190. The summed E-state index contributed by atoms with van der Waals surface area (Å²) >= 11 is 6.74. The highest BCUT2D eigenvalue weighted by atomic mass is 35.5. The minimum Gasteiger partial charge on any atom is -0.456 e. The molecule has 0 radical (unpaired) electrons. The topological polar surface area (TPSA) is 25.6 Å². The minimum absolute atomic E-state index is 0.190. The number of nitrogens with zero attached hydrogens (tertiary/aromatic N) is 1. The van der Waals surface area contributed by atoms with Crippen LogP contribution in [-0.2, 0) is 17.8 Å². The number of rotatable bonds is 5. The second-order valence-electron chi connectivity index (χ2n) is 6.64. The van der Waals surface area contributed by atoms with E-state index in [0.717, 1.165) is 29.9 Å². The van der Waals surface area contributed by atoms with Crippen LogP contribution < -0.4 is 0 Å². The quantitative estimate of drug-likeness (QED) is 0.343. The van der Waals surface area contributed by atoms with Gasteiger partial charge in [-0.1, -0.05) is 48.5 Å². The highest BCUT2D eigenvalue weighted by molar-refractivity contribution is 6.22. The molecule has 3 nitrogen and oxygen atoms in total. The third kappa shape index (κ3) is 3.43. The van der Waals surface area contributed by atoms with Gasteiger partial charge in [-0.25, -0.2) is 0 Å². The van der Waals surface area contributed by atoms with Gasteiger partial charge in [0, 0.05) is 17.5 Å². The van der Waals surface area contributed by atoms with E-state index in [0.29, 0.717) is 13.2 Å². The van der Waals surface area contributed by atoms with Crippen LogP contribution in [0.2, 0.25) is 0 Å². The summed E-state index contributed by atoms with van der Waals surface area (Å²) in [6, 6.07) is 16.4. The average Bonchev–Trinajstić information content (AvgIpc) is 2.98. The van der Waals surface area contributed by atoms with E-state index in [9.17, 15) is 0 Å². The molecular weight excluding hydrogens is 346 g/mol. The lowest BCUT2D eigenvalue weighted by Crippen LogP contribution is -2.21. The van der Waals surface area contributed by atoms with E-state index in [4.69, 9.17) is 20.8 Å². The maximum Gasteiger partial charge on any atom is 0.135 e. The molecule has 0 aliphatic carbocycles. The smallest absolute Gasteiger partial charge is 0.135 e. The first-order chi connectivity index (χ1) is 12.7. The van der Waals surface area contributed by atoms with Crippen LogP contribution in [0.25, 0.3) is 17.0 Å². The predicted octanol–water partition coefficient (Wildman–Crippen LogP) is 5.39. The molecule has 1 atom stereocenters. The molecule has 4 rings (SSSR count). The SMILES string of the molecule is CN1CCc2cccc3oc(C=CCOCc4ccccc4)c(c23)C1Cl. The second-order valence-corrected chi connectivity index (χ2v) is 7.05. The Bertz CT molecular complexity index is 917. The van der Waals surface area contributed by atoms with E-state index in [1.54, 1.807) is 0 Å². The summed E-state index contributed by atoms with van der Waals surface area (Å²) < 4.78 is 11.8. The first-order valence-corrected chi connectivity index (χ1v) is 9.34.